The number of halogens is 2. The number of likely N-dealkylation sites (tertiary alicyclic amines) is 1. The van der Waals surface area contributed by atoms with E-state index in [-0.39, 0.29) is 43.6 Å². The highest BCUT2D eigenvalue weighted by atomic mass is 35.5. The van der Waals surface area contributed by atoms with Crippen LogP contribution in [-0.4, -0.2) is 58.6 Å². The number of piperidine rings is 1. The number of aliphatic hydroxyl groups is 1. The topological polar surface area (TPSA) is 72.9 Å². The average molecular weight is 398 g/mol. The van der Waals surface area contributed by atoms with Gasteiger partial charge in [-0.3, -0.25) is 4.79 Å². The van der Waals surface area contributed by atoms with Crippen molar-refractivity contribution in [3.8, 4) is 0 Å². The smallest absolute Gasteiger partial charge is 0.318 e. The van der Waals surface area contributed by atoms with Crippen LogP contribution in [0.25, 0.3) is 0 Å². The van der Waals surface area contributed by atoms with Crippen LogP contribution in [0.5, 0.6) is 0 Å². The lowest BCUT2D eigenvalue weighted by molar-refractivity contribution is -0.133. The van der Waals surface area contributed by atoms with Crippen LogP contribution in [0.15, 0.2) is 18.2 Å². The van der Waals surface area contributed by atoms with E-state index in [2.05, 4.69) is 5.32 Å². The predicted molar refractivity (Wildman–Crippen MR) is 99.8 cm³/mol. The second kappa shape index (κ2) is 8.89. The molecule has 2 aliphatic rings. The fourth-order valence-corrected chi connectivity index (χ4v) is 3.73. The van der Waals surface area contributed by atoms with Crippen LogP contribution in [0, 0.1) is 5.82 Å². The second-order valence-corrected chi connectivity index (χ2v) is 7.58. The first kappa shape index (κ1) is 19.9. The molecule has 0 radical (unpaired) electrons. The van der Waals surface area contributed by atoms with E-state index in [9.17, 15) is 14.0 Å². The van der Waals surface area contributed by atoms with Crippen molar-refractivity contribution in [2.24, 2.45) is 0 Å². The zero-order chi connectivity index (χ0) is 19.4. The second-order valence-electron chi connectivity index (χ2n) is 7.14. The molecule has 2 N–H and O–H groups in total. The van der Waals surface area contributed by atoms with Crippen LogP contribution < -0.4 is 5.32 Å². The van der Waals surface area contributed by atoms with Crippen molar-refractivity contribution in [1.29, 1.82) is 0 Å². The molecule has 8 heteroatoms. The normalized spacial score (nSPS) is 19.7. The molecule has 1 saturated carbocycles. The Hall–Kier alpha value is -1.86. The quantitative estimate of drug-likeness (QED) is 0.774. The summed E-state index contributed by atoms with van der Waals surface area (Å²) in [6.07, 6.45) is 3.66. The number of nitrogens with one attached hydrogen (secondary N) is 1. The molecular weight excluding hydrogens is 373 g/mol. The minimum absolute atomic E-state index is 0.0519. The molecule has 1 aromatic rings. The Kier molecular flexibility index (Phi) is 6.55. The molecule has 0 aromatic heterocycles. The molecule has 0 bridgehead atoms. The van der Waals surface area contributed by atoms with E-state index in [0.29, 0.717) is 23.7 Å². The van der Waals surface area contributed by atoms with Gasteiger partial charge in [-0.25, -0.2) is 9.18 Å². The van der Waals surface area contributed by atoms with Gasteiger partial charge in [-0.15, -0.1) is 0 Å². The largest absolute Gasteiger partial charge is 0.396 e. The third-order valence-corrected chi connectivity index (χ3v) is 5.32. The van der Waals surface area contributed by atoms with Crippen LogP contribution >= 0.6 is 11.6 Å². The lowest BCUT2D eigenvalue weighted by Gasteiger charge is -2.39. The first-order valence-electron chi connectivity index (χ1n) is 9.38. The molecule has 1 saturated heterocycles. The van der Waals surface area contributed by atoms with Crippen molar-refractivity contribution in [2.75, 3.05) is 19.7 Å². The van der Waals surface area contributed by atoms with Gasteiger partial charge in [0.15, 0.2) is 0 Å². The van der Waals surface area contributed by atoms with Gasteiger partial charge in [-0.05, 0) is 37.8 Å². The summed E-state index contributed by atoms with van der Waals surface area (Å²) in [5.41, 5.74) is 0.381. The van der Waals surface area contributed by atoms with Gasteiger partial charge in [0.1, 0.15) is 5.82 Å². The molecule has 3 amide bonds. The van der Waals surface area contributed by atoms with Crippen molar-refractivity contribution in [2.45, 2.75) is 50.7 Å². The van der Waals surface area contributed by atoms with Crippen molar-refractivity contribution in [3.63, 3.8) is 0 Å². The maximum absolute atomic E-state index is 13.9. The van der Waals surface area contributed by atoms with Crippen molar-refractivity contribution in [1.82, 2.24) is 15.1 Å². The summed E-state index contributed by atoms with van der Waals surface area (Å²) in [7, 11) is 0. The van der Waals surface area contributed by atoms with E-state index in [4.69, 9.17) is 16.7 Å². The highest BCUT2D eigenvalue weighted by Crippen LogP contribution is 2.31. The third-order valence-electron chi connectivity index (χ3n) is 5.09. The number of hydrogen-bond donors (Lipinski definition) is 2. The first-order valence-corrected chi connectivity index (χ1v) is 9.76. The molecule has 1 aromatic carbocycles. The van der Waals surface area contributed by atoms with Crippen molar-refractivity contribution < 1.29 is 19.1 Å². The van der Waals surface area contributed by atoms with E-state index < -0.39 is 5.82 Å². The standard InChI is InChI=1S/C19H25ClFN3O3/c20-14-4-3-13(17(21)10-14)11-22-19(27)24(15-5-6-15)16-2-1-8-23(12-16)18(26)7-9-25/h3-4,10,15-16,25H,1-2,5-9,11-12H2,(H,22,27)/t16-/m1/s1. The minimum Gasteiger partial charge on any atom is -0.396 e. The van der Waals surface area contributed by atoms with Crippen LogP contribution in [0.3, 0.4) is 0 Å². The van der Waals surface area contributed by atoms with Gasteiger partial charge in [0.05, 0.1) is 12.6 Å². The van der Waals surface area contributed by atoms with Gasteiger partial charge in [0.2, 0.25) is 5.91 Å². The number of benzene rings is 1. The number of nitrogens with zero attached hydrogens (tertiary/aromatic N) is 2. The fourth-order valence-electron chi connectivity index (χ4n) is 3.57. The van der Waals surface area contributed by atoms with Crippen LogP contribution in [0.1, 0.15) is 37.7 Å². The lowest BCUT2D eigenvalue weighted by Crippen LogP contribution is -2.55. The Bertz CT molecular complexity index is 699. The highest BCUT2D eigenvalue weighted by molar-refractivity contribution is 6.30. The molecule has 1 aliphatic heterocycles. The minimum atomic E-state index is -0.445. The van der Waals surface area contributed by atoms with Gasteiger partial charge in [-0.2, -0.15) is 0 Å². The molecule has 2 fully saturated rings. The summed E-state index contributed by atoms with van der Waals surface area (Å²) in [5, 5.41) is 12.1. The Labute approximate surface area is 163 Å². The van der Waals surface area contributed by atoms with E-state index >= 15 is 0 Å². The van der Waals surface area contributed by atoms with Gasteiger partial charge < -0.3 is 20.2 Å². The van der Waals surface area contributed by atoms with Crippen LogP contribution in [0.4, 0.5) is 9.18 Å². The number of carbonyl (C=O) groups is 2. The Balaban J connectivity index is 1.62. The third kappa shape index (κ3) is 5.11. The number of amides is 3. The summed E-state index contributed by atoms with van der Waals surface area (Å²) in [4.78, 5) is 28.4. The number of urea groups is 1. The molecule has 1 aliphatic carbocycles. The number of carbonyl (C=O) groups excluding carboxylic acids is 2. The monoisotopic (exact) mass is 397 g/mol. The van der Waals surface area contributed by atoms with Gasteiger partial charge in [0, 0.05) is 42.7 Å². The molecule has 0 unspecified atom stereocenters. The summed E-state index contributed by atoms with van der Waals surface area (Å²) in [6, 6.07) is 4.29. The Morgan fingerprint density at radius 3 is 2.74 bits per heavy atom. The van der Waals surface area contributed by atoms with Crippen molar-refractivity contribution >= 4 is 23.5 Å². The molecule has 0 spiro atoms. The van der Waals surface area contributed by atoms with E-state index in [1.165, 1.54) is 6.07 Å². The number of aliphatic hydroxyl groups excluding tert-OH is 1. The summed E-state index contributed by atoms with van der Waals surface area (Å²) in [6.45, 7) is 1.06. The highest BCUT2D eigenvalue weighted by Gasteiger charge is 2.39. The maximum Gasteiger partial charge on any atom is 0.318 e. The summed E-state index contributed by atoms with van der Waals surface area (Å²) < 4.78 is 13.9. The predicted octanol–water partition coefficient (Wildman–Crippen LogP) is 2.53. The molecule has 1 atom stereocenters. The first-order chi connectivity index (χ1) is 13.0. The fraction of sp³-hybridized carbons (Fsp3) is 0.579. The summed E-state index contributed by atoms with van der Waals surface area (Å²) >= 11 is 5.76. The average Bonchev–Trinajstić information content (AvgIpc) is 3.46. The van der Waals surface area contributed by atoms with Gasteiger partial charge in [-0.1, -0.05) is 17.7 Å². The zero-order valence-electron chi connectivity index (χ0n) is 15.2. The SMILES string of the molecule is O=C(CCO)N1CCC[C@@H](N(C(=O)NCc2ccc(Cl)cc2F)C2CC2)C1. The Morgan fingerprint density at radius 2 is 2.07 bits per heavy atom. The number of rotatable bonds is 6. The van der Waals surface area contributed by atoms with Gasteiger partial charge in [0.25, 0.3) is 0 Å². The van der Waals surface area contributed by atoms with Crippen molar-refractivity contribution in [3.05, 3.63) is 34.6 Å². The number of hydrogen-bond acceptors (Lipinski definition) is 3. The van der Waals surface area contributed by atoms with Crippen LogP contribution in [0.2, 0.25) is 5.02 Å². The molecule has 27 heavy (non-hydrogen) atoms. The molecule has 6 nitrogen and oxygen atoms in total. The van der Waals surface area contributed by atoms with E-state index in [0.717, 1.165) is 25.7 Å². The molecular formula is C19H25ClFN3O3. The van der Waals surface area contributed by atoms with E-state index in [1.54, 1.807) is 17.0 Å². The summed E-state index contributed by atoms with van der Waals surface area (Å²) in [5.74, 6) is -0.527. The zero-order valence-corrected chi connectivity index (χ0v) is 15.9. The van der Waals surface area contributed by atoms with E-state index in [1.807, 2.05) is 4.90 Å². The lowest BCUT2D eigenvalue weighted by atomic mass is 10.0. The molecule has 148 valence electrons. The molecule has 3 rings (SSSR count). The maximum atomic E-state index is 13.9. The molecule has 1 heterocycles. The van der Waals surface area contributed by atoms with Crippen LogP contribution in [-0.2, 0) is 11.3 Å². The van der Waals surface area contributed by atoms with Gasteiger partial charge >= 0.3 is 6.03 Å². The Morgan fingerprint density at radius 1 is 1.30 bits per heavy atom.